The van der Waals surface area contributed by atoms with Gasteiger partial charge in [-0.1, -0.05) is 127 Å². The van der Waals surface area contributed by atoms with Gasteiger partial charge in [-0.2, -0.15) is 5.26 Å². The molecule has 0 radical (unpaired) electrons. The van der Waals surface area contributed by atoms with Gasteiger partial charge in [-0.25, -0.2) is 0 Å². The summed E-state index contributed by atoms with van der Waals surface area (Å²) in [7, 11) is 0. The standard InChI is InChI=1S/C43H25NO/c44-26-29-18-20-40-39-19-17-28(25-42(39)45-41-16-8-15-32(29)43(40)41)31-22-24-38(36-14-7-5-12-34(31)36)37-23-21-30(27-9-2-1-3-10-27)33-11-4-6-13-35(33)37/h1-25H. The number of fused-ring (bicyclic) bond motifs is 4. The van der Waals surface area contributed by atoms with Crippen LogP contribution in [0.5, 0.6) is 11.5 Å². The fraction of sp³-hybridized carbons (Fsp3) is 0. The molecule has 0 atom stereocenters. The topological polar surface area (TPSA) is 33.0 Å². The zero-order valence-corrected chi connectivity index (χ0v) is 24.3. The van der Waals surface area contributed by atoms with Crippen molar-refractivity contribution in [1.82, 2.24) is 0 Å². The Hall–Kier alpha value is -6.17. The average Bonchev–Trinajstić information content (AvgIpc) is 3.11. The van der Waals surface area contributed by atoms with Crippen molar-refractivity contribution in [3.8, 4) is 62.1 Å². The summed E-state index contributed by atoms with van der Waals surface area (Å²) in [6.07, 6.45) is 0. The minimum Gasteiger partial charge on any atom is -0.456 e. The summed E-state index contributed by atoms with van der Waals surface area (Å²) in [6, 6.07) is 55.8. The first-order valence-corrected chi connectivity index (χ1v) is 15.2. The normalized spacial score (nSPS) is 11.7. The van der Waals surface area contributed by atoms with Crippen LogP contribution in [0.4, 0.5) is 0 Å². The quantitative estimate of drug-likeness (QED) is 0.211. The predicted molar refractivity (Wildman–Crippen MR) is 185 cm³/mol. The van der Waals surface area contributed by atoms with Crippen LogP contribution in [0.3, 0.4) is 0 Å². The van der Waals surface area contributed by atoms with E-state index < -0.39 is 0 Å². The number of nitriles is 1. The first-order chi connectivity index (χ1) is 22.3. The van der Waals surface area contributed by atoms with E-state index in [0.29, 0.717) is 5.56 Å². The maximum absolute atomic E-state index is 9.67. The minimum atomic E-state index is 0.660. The van der Waals surface area contributed by atoms with E-state index in [2.05, 4.69) is 127 Å². The minimum absolute atomic E-state index is 0.660. The first-order valence-electron chi connectivity index (χ1n) is 15.2. The molecule has 0 amide bonds. The Morgan fingerprint density at radius 2 is 0.911 bits per heavy atom. The van der Waals surface area contributed by atoms with Gasteiger partial charge in [0.05, 0.1) is 11.6 Å². The van der Waals surface area contributed by atoms with E-state index in [0.717, 1.165) is 44.5 Å². The molecule has 0 saturated heterocycles. The first kappa shape index (κ1) is 25.3. The number of benzene rings is 8. The Morgan fingerprint density at radius 1 is 0.378 bits per heavy atom. The van der Waals surface area contributed by atoms with Gasteiger partial charge in [0, 0.05) is 16.3 Å². The van der Waals surface area contributed by atoms with Gasteiger partial charge in [0.15, 0.2) is 0 Å². The van der Waals surface area contributed by atoms with Crippen molar-refractivity contribution in [3.05, 3.63) is 157 Å². The van der Waals surface area contributed by atoms with Crippen molar-refractivity contribution < 1.29 is 4.74 Å². The van der Waals surface area contributed by atoms with E-state index >= 15 is 0 Å². The highest BCUT2D eigenvalue weighted by Gasteiger charge is 2.22. The van der Waals surface area contributed by atoms with Crippen LogP contribution >= 0.6 is 0 Å². The summed E-state index contributed by atoms with van der Waals surface area (Å²) in [6.45, 7) is 0. The molecule has 0 bridgehead atoms. The number of ether oxygens (including phenoxy) is 1. The molecule has 0 fully saturated rings. The van der Waals surface area contributed by atoms with Crippen LogP contribution in [0, 0.1) is 11.3 Å². The smallest absolute Gasteiger partial charge is 0.135 e. The van der Waals surface area contributed by atoms with Crippen molar-refractivity contribution in [3.63, 3.8) is 0 Å². The summed E-state index contributed by atoms with van der Waals surface area (Å²) in [5.74, 6) is 1.61. The third-order valence-corrected chi connectivity index (χ3v) is 9.15. The van der Waals surface area contributed by atoms with Crippen LogP contribution in [0.1, 0.15) is 5.56 Å². The fourth-order valence-corrected chi connectivity index (χ4v) is 7.08. The lowest BCUT2D eigenvalue weighted by Crippen LogP contribution is -1.98. The van der Waals surface area contributed by atoms with Crippen molar-refractivity contribution in [2.24, 2.45) is 0 Å². The second kappa shape index (κ2) is 9.95. The van der Waals surface area contributed by atoms with E-state index in [4.69, 9.17) is 4.74 Å². The highest BCUT2D eigenvalue weighted by atomic mass is 16.5. The van der Waals surface area contributed by atoms with E-state index in [9.17, 15) is 5.26 Å². The molecule has 208 valence electrons. The SMILES string of the molecule is N#Cc1ccc2c3c(cccc13)Oc1cc(-c3ccc(-c4ccc(-c5ccccc5)c5ccccc45)c4ccccc34)ccc1-2. The van der Waals surface area contributed by atoms with Gasteiger partial charge in [0.2, 0.25) is 0 Å². The molecule has 2 nitrogen and oxygen atoms in total. The average molecular weight is 572 g/mol. The Balaban J connectivity index is 1.20. The summed E-state index contributed by atoms with van der Waals surface area (Å²) in [5, 5.41) is 16.5. The van der Waals surface area contributed by atoms with Crippen molar-refractivity contribution in [1.29, 1.82) is 5.26 Å². The van der Waals surface area contributed by atoms with Gasteiger partial charge in [-0.15, -0.1) is 0 Å². The molecule has 1 heterocycles. The number of nitrogens with zero attached hydrogens (tertiary/aromatic N) is 1. The lowest BCUT2D eigenvalue weighted by atomic mass is 9.87. The third kappa shape index (κ3) is 3.88. The lowest BCUT2D eigenvalue weighted by Gasteiger charge is -2.22. The van der Waals surface area contributed by atoms with Crippen molar-refractivity contribution in [2.75, 3.05) is 0 Å². The van der Waals surface area contributed by atoms with Gasteiger partial charge in [-0.05, 0) is 84.8 Å². The molecule has 9 rings (SSSR count). The summed E-state index contributed by atoms with van der Waals surface area (Å²) >= 11 is 0. The Kier molecular flexibility index (Phi) is 5.60. The van der Waals surface area contributed by atoms with Crippen LogP contribution in [-0.2, 0) is 0 Å². The van der Waals surface area contributed by atoms with Crippen LogP contribution < -0.4 is 4.74 Å². The van der Waals surface area contributed by atoms with E-state index in [1.54, 1.807) is 0 Å². The molecule has 0 unspecified atom stereocenters. The van der Waals surface area contributed by atoms with Crippen LogP contribution in [-0.4, -0.2) is 0 Å². The highest BCUT2D eigenvalue weighted by molar-refractivity contribution is 6.12. The molecule has 8 aromatic carbocycles. The molecule has 1 aliphatic rings. The molecule has 0 N–H and O–H groups in total. The van der Waals surface area contributed by atoms with Gasteiger partial charge in [0.25, 0.3) is 0 Å². The maximum Gasteiger partial charge on any atom is 0.135 e. The number of hydrogen-bond donors (Lipinski definition) is 0. The van der Waals surface area contributed by atoms with E-state index in [1.165, 1.54) is 43.8 Å². The predicted octanol–water partition coefficient (Wildman–Crippen LogP) is 11.8. The number of rotatable bonds is 3. The molecule has 0 aromatic heterocycles. The van der Waals surface area contributed by atoms with Gasteiger partial charge >= 0.3 is 0 Å². The lowest BCUT2D eigenvalue weighted by molar-refractivity contribution is 0.487. The van der Waals surface area contributed by atoms with Crippen molar-refractivity contribution in [2.45, 2.75) is 0 Å². The van der Waals surface area contributed by atoms with E-state index in [-0.39, 0.29) is 0 Å². The fourth-order valence-electron chi connectivity index (χ4n) is 7.08. The van der Waals surface area contributed by atoms with Gasteiger partial charge in [0.1, 0.15) is 11.5 Å². The second-order valence-corrected chi connectivity index (χ2v) is 11.5. The molecule has 1 aliphatic heterocycles. The molecule has 0 aliphatic carbocycles. The van der Waals surface area contributed by atoms with Gasteiger partial charge in [-0.3, -0.25) is 0 Å². The zero-order valence-electron chi connectivity index (χ0n) is 24.3. The largest absolute Gasteiger partial charge is 0.456 e. The van der Waals surface area contributed by atoms with E-state index in [1.807, 2.05) is 30.3 Å². The molecule has 45 heavy (non-hydrogen) atoms. The Bertz CT molecular complexity index is 2520. The monoisotopic (exact) mass is 571 g/mol. The molecule has 0 saturated carbocycles. The third-order valence-electron chi connectivity index (χ3n) is 9.15. The molecular formula is C43H25NO. The summed E-state index contributed by atoms with van der Waals surface area (Å²) < 4.78 is 6.50. The maximum atomic E-state index is 9.67. The van der Waals surface area contributed by atoms with Gasteiger partial charge < -0.3 is 4.74 Å². The van der Waals surface area contributed by atoms with Crippen LogP contribution in [0.25, 0.3) is 76.8 Å². The van der Waals surface area contributed by atoms with Crippen LogP contribution in [0.15, 0.2) is 152 Å². The molecule has 2 heteroatoms. The Labute approximate surface area is 261 Å². The van der Waals surface area contributed by atoms with Crippen LogP contribution in [0.2, 0.25) is 0 Å². The van der Waals surface area contributed by atoms with Crippen molar-refractivity contribution >= 4 is 32.3 Å². The Morgan fingerprint density at radius 3 is 1.58 bits per heavy atom. The zero-order chi connectivity index (χ0) is 29.9. The number of hydrogen-bond acceptors (Lipinski definition) is 2. The molecular weight excluding hydrogens is 546 g/mol. The molecule has 0 spiro atoms. The molecule has 8 aromatic rings. The summed E-state index contributed by atoms with van der Waals surface area (Å²) in [4.78, 5) is 0. The highest BCUT2D eigenvalue weighted by Crippen LogP contribution is 2.49. The summed E-state index contributed by atoms with van der Waals surface area (Å²) in [5.41, 5.74) is 9.96. The second-order valence-electron chi connectivity index (χ2n) is 11.5.